The van der Waals surface area contributed by atoms with Gasteiger partial charge in [-0.1, -0.05) is 12.1 Å². The van der Waals surface area contributed by atoms with Gasteiger partial charge in [0.15, 0.2) is 0 Å². The summed E-state index contributed by atoms with van der Waals surface area (Å²) in [6, 6.07) is 10.2. The molecule has 0 aliphatic rings. The Labute approximate surface area is 151 Å². The minimum absolute atomic E-state index is 0.0426. The first-order valence-electron chi connectivity index (χ1n) is 7.13. The lowest BCUT2D eigenvalue weighted by Crippen LogP contribution is -2.03. The standard InChI is InChI=1S/C17H12N2O4S2/c1-23-17(20)14(16-18-7-8-24-16)10-13-5-6-15(25-13)11-3-2-4-12(9-11)19(21)22/h2-10H,1H3. The number of nitro benzene ring substituents is 1. The molecule has 2 heterocycles. The third-order valence-electron chi connectivity index (χ3n) is 3.32. The van der Waals surface area contributed by atoms with Crippen LogP contribution < -0.4 is 0 Å². The third kappa shape index (κ3) is 3.81. The predicted molar refractivity (Wildman–Crippen MR) is 98.4 cm³/mol. The minimum Gasteiger partial charge on any atom is -0.465 e. The van der Waals surface area contributed by atoms with Gasteiger partial charge in [0.1, 0.15) is 5.01 Å². The summed E-state index contributed by atoms with van der Waals surface area (Å²) in [6.45, 7) is 0. The zero-order chi connectivity index (χ0) is 17.8. The fraction of sp³-hybridized carbons (Fsp3) is 0.0588. The lowest BCUT2D eigenvalue weighted by Gasteiger charge is -2.01. The average molecular weight is 372 g/mol. The number of benzene rings is 1. The molecule has 2 aromatic heterocycles. The molecular formula is C17H12N2O4S2. The number of carbonyl (C=O) groups is 1. The predicted octanol–water partition coefficient (Wildman–Crippen LogP) is 4.49. The van der Waals surface area contributed by atoms with Gasteiger partial charge >= 0.3 is 5.97 Å². The number of hydrogen-bond donors (Lipinski definition) is 0. The summed E-state index contributed by atoms with van der Waals surface area (Å²) < 4.78 is 4.83. The fourth-order valence-corrected chi connectivity index (χ4v) is 3.76. The monoisotopic (exact) mass is 372 g/mol. The van der Waals surface area contributed by atoms with Crippen LogP contribution in [0.2, 0.25) is 0 Å². The summed E-state index contributed by atoms with van der Waals surface area (Å²) in [6.07, 6.45) is 3.34. The lowest BCUT2D eigenvalue weighted by molar-refractivity contribution is -0.384. The Hall–Kier alpha value is -2.84. The van der Waals surface area contributed by atoms with Crippen molar-refractivity contribution in [3.8, 4) is 10.4 Å². The number of methoxy groups -OCH3 is 1. The van der Waals surface area contributed by atoms with E-state index in [1.54, 1.807) is 23.7 Å². The molecule has 0 saturated carbocycles. The molecule has 126 valence electrons. The van der Waals surface area contributed by atoms with Crippen LogP contribution in [0, 0.1) is 10.1 Å². The Morgan fingerprint density at radius 2 is 2.16 bits per heavy atom. The van der Waals surface area contributed by atoms with Crippen molar-refractivity contribution in [3.63, 3.8) is 0 Å². The maximum absolute atomic E-state index is 12.0. The summed E-state index contributed by atoms with van der Waals surface area (Å²) in [7, 11) is 1.33. The van der Waals surface area contributed by atoms with Crippen molar-refractivity contribution in [3.05, 3.63) is 68.0 Å². The third-order valence-corrected chi connectivity index (χ3v) is 5.21. The second kappa shape index (κ2) is 7.37. The normalized spacial score (nSPS) is 11.3. The molecule has 0 bridgehead atoms. The number of aromatic nitrogens is 1. The Morgan fingerprint density at radius 3 is 2.84 bits per heavy atom. The summed E-state index contributed by atoms with van der Waals surface area (Å²) in [5, 5.41) is 13.3. The molecule has 0 spiro atoms. The highest BCUT2D eigenvalue weighted by atomic mass is 32.1. The van der Waals surface area contributed by atoms with Crippen LogP contribution in [0.4, 0.5) is 5.69 Å². The van der Waals surface area contributed by atoms with E-state index >= 15 is 0 Å². The molecule has 3 aromatic rings. The van der Waals surface area contributed by atoms with Gasteiger partial charge in [-0.15, -0.1) is 22.7 Å². The maximum atomic E-state index is 12.0. The summed E-state index contributed by atoms with van der Waals surface area (Å²) >= 11 is 2.78. The number of ether oxygens (including phenoxy) is 1. The van der Waals surface area contributed by atoms with E-state index in [0.717, 1.165) is 15.3 Å². The number of esters is 1. The Kier molecular flexibility index (Phi) is 5.01. The number of carbonyl (C=O) groups excluding carboxylic acids is 1. The fourth-order valence-electron chi connectivity index (χ4n) is 2.17. The van der Waals surface area contributed by atoms with Crippen LogP contribution in [-0.4, -0.2) is 23.0 Å². The molecule has 0 atom stereocenters. The van der Waals surface area contributed by atoms with Crippen LogP contribution in [0.1, 0.15) is 9.88 Å². The molecule has 25 heavy (non-hydrogen) atoms. The molecule has 0 aliphatic heterocycles. The molecule has 0 unspecified atom stereocenters. The molecule has 0 amide bonds. The van der Waals surface area contributed by atoms with Gasteiger partial charge in [-0.05, 0) is 23.8 Å². The van der Waals surface area contributed by atoms with E-state index in [0.29, 0.717) is 10.6 Å². The first kappa shape index (κ1) is 17.0. The Bertz CT molecular complexity index is 945. The summed E-state index contributed by atoms with van der Waals surface area (Å²) in [5.41, 5.74) is 1.18. The highest BCUT2D eigenvalue weighted by Gasteiger charge is 2.16. The van der Waals surface area contributed by atoms with Gasteiger partial charge in [0, 0.05) is 33.5 Å². The van der Waals surface area contributed by atoms with E-state index < -0.39 is 10.9 Å². The number of rotatable bonds is 5. The van der Waals surface area contributed by atoms with Crippen molar-refractivity contribution in [2.24, 2.45) is 0 Å². The number of nitro groups is 1. The van der Waals surface area contributed by atoms with Gasteiger partial charge in [0.25, 0.3) is 5.69 Å². The number of thiazole rings is 1. The highest BCUT2D eigenvalue weighted by Crippen LogP contribution is 2.32. The highest BCUT2D eigenvalue weighted by molar-refractivity contribution is 7.16. The Balaban J connectivity index is 1.96. The largest absolute Gasteiger partial charge is 0.465 e. The average Bonchev–Trinajstić information content (AvgIpc) is 3.31. The van der Waals surface area contributed by atoms with Crippen LogP contribution in [0.15, 0.2) is 48.0 Å². The maximum Gasteiger partial charge on any atom is 0.340 e. The van der Waals surface area contributed by atoms with Crippen molar-refractivity contribution in [2.45, 2.75) is 0 Å². The van der Waals surface area contributed by atoms with Gasteiger partial charge in [-0.25, -0.2) is 9.78 Å². The zero-order valence-electron chi connectivity index (χ0n) is 13.0. The first-order chi connectivity index (χ1) is 12.1. The molecule has 0 saturated heterocycles. The van der Waals surface area contributed by atoms with Crippen LogP contribution >= 0.6 is 22.7 Å². The number of nitrogens with zero attached hydrogens (tertiary/aromatic N) is 2. The van der Waals surface area contributed by atoms with Gasteiger partial charge < -0.3 is 4.74 Å². The molecular weight excluding hydrogens is 360 g/mol. The zero-order valence-corrected chi connectivity index (χ0v) is 14.7. The van der Waals surface area contributed by atoms with Gasteiger partial charge in [-0.3, -0.25) is 10.1 Å². The van der Waals surface area contributed by atoms with E-state index in [2.05, 4.69) is 4.98 Å². The van der Waals surface area contributed by atoms with E-state index in [1.165, 1.54) is 41.9 Å². The number of thiophene rings is 1. The summed E-state index contributed by atoms with van der Waals surface area (Å²) in [5.74, 6) is -0.458. The van der Waals surface area contributed by atoms with E-state index in [9.17, 15) is 14.9 Å². The molecule has 3 rings (SSSR count). The van der Waals surface area contributed by atoms with Crippen LogP contribution in [-0.2, 0) is 9.53 Å². The number of hydrogen-bond acceptors (Lipinski definition) is 7. The van der Waals surface area contributed by atoms with E-state index in [4.69, 9.17) is 4.74 Å². The lowest BCUT2D eigenvalue weighted by atomic mass is 10.1. The molecule has 6 nitrogen and oxygen atoms in total. The van der Waals surface area contributed by atoms with Gasteiger partial charge in [0.2, 0.25) is 0 Å². The van der Waals surface area contributed by atoms with Crippen molar-refractivity contribution < 1.29 is 14.5 Å². The molecule has 8 heteroatoms. The molecule has 1 aromatic carbocycles. The van der Waals surface area contributed by atoms with Crippen LogP contribution in [0.5, 0.6) is 0 Å². The summed E-state index contributed by atoms with van der Waals surface area (Å²) in [4.78, 5) is 28.4. The molecule has 0 N–H and O–H groups in total. The minimum atomic E-state index is -0.458. The first-order valence-corrected chi connectivity index (χ1v) is 8.82. The van der Waals surface area contributed by atoms with Crippen molar-refractivity contribution in [1.82, 2.24) is 4.98 Å². The quantitative estimate of drug-likeness (QED) is 0.285. The van der Waals surface area contributed by atoms with Crippen LogP contribution in [0.25, 0.3) is 22.1 Å². The molecule has 0 aliphatic carbocycles. The van der Waals surface area contributed by atoms with Crippen molar-refractivity contribution in [1.29, 1.82) is 0 Å². The topological polar surface area (TPSA) is 82.3 Å². The van der Waals surface area contributed by atoms with E-state index in [1.807, 2.05) is 18.2 Å². The van der Waals surface area contributed by atoms with E-state index in [-0.39, 0.29) is 5.69 Å². The second-order valence-corrected chi connectivity index (χ2v) is 6.91. The van der Waals surface area contributed by atoms with Crippen LogP contribution in [0.3, 0.4) is 0 Å². The number of non-ortho nitro benzene ring substituents is 1. The molecule has 0 fully saturated rings. The molecule has 0 radical (unpaired) electrons. The smallest absolute Gasteiger partial charge is 0.340 e. The van der Waals surface area contributed by atoms with Crippen molar-refractivity contribution >= 4 is 46.0 Å². The Morgan fingerprint density at radius 1 is 1.32 bits per heavy atom. The van der Waals surface area contributed by atoms with Gasteiger partial charge in [-0.2, -0.15) is 0 Å². The SMILES string of the molecule is COC(=O)C(=Cc1ccc(-c2cccc([N+](=O)[O-])c2)s1)c1nccs1. The van der Waals surface area contributed by atoms with Gasteiger partial charge in [0.05, 0.1) is 17.6 Å². The van der Waals surface area contributed by atoms with Crippen molar-refractivity contribution in [2.75, 3.05) is 7.11 Å². The second-order valence-electron chi connectivity index (χ2n) is 4.90.